The van der Waals surface area contributed by atoms with Crippen molar-refractivity contribution in [1.82, 2.24) is 15.1 Å². The van der Waals surface area contributed by atoms with Crippen molar-refractivity contribution in [1.29, 1.82) is 0 Å². The zero-order valence-electron chi connectivity index (χ0n) is 13.2. The second-order valence-corrected chi connectivity index (χ2v) is 5.22. The van der Waals surface area contributed by atoms with Gasteiger partial charge in [-0.15, -0.1) is 0 Å². The van der Waals surface area contributed by atoms with Crippen LogP contribution in [0, 0.1) is 0 Å². The molecule has 114 valence electrons. The molecular weight excluding hydrogens is 262 g/mol. The van der Waals surface area contributed by atoms with Crippen LogP contribution in [-0.2, 0) is 26.6 Å². The normalized spacial score (nSPS) is 10.8. The van der Waals surface area contributed by atoms with Crippen LogP contribution in [0.5, 0.6) is 5.75 Å². The smallest absolute Gasteiger partial charge is 0.130 e. The molecule has 1 heterocycles. The summed E-state index contributed by atoms with van der Waals surface area (Å²) in [7, 11) is 1.96. The monoisotopic (exact) mass is 287 g/mol. The summed E-state index contributed by atoms with van der Waals surface area (Å²) in [4.78, 5) is 0. The Kier molecular flexibility index (Phi) is 5.81. The first-order valence-electron chi connectivity index (χ1n) is 7.67. The van der Waals surface area contributed by atoms with E-state index in [1.165, 1.54) is 5.56 Å². The number of ether oxygens (including phenoxy) is 1. The molecule has 0 unspecified atom stereocenters. The average Bonchev–Trinajstić information content (AvgIpc) is 2.86. The molecule has 2 aromatic rings. The minimum absolute atomic E-state index is 0.551. The van der Waals surface area contributed by atoms with Gasteiger partial charge in [-0.1, -0.05) is 26.0 Å². The quantitative estimate of drug-likeness (QED) is 0.758. The van der Waals surface area contributed by atoms with Gasteiger partial charge in [0, 0.05) is 13.6 Å². The Morgan fingerprint density at radius 3 is 2.81 bits per heavy atom. The van der Waals surface area contributed by atoms with Crippen molar-refractivity contribution >= 4 is 0 Å². The highest BCUT2D eigenvalue weighted by atomic mass is 16.5. The molecule has 4 heteroatoms. The minimum Gasteiger partial charge on any atom is -0.487 e. The average molecular weight is 287 g/mol. The fraction of sp³-hybridized carbons (Fsp3) is 0.471. The van der Waals surface area contributed by atoms with Crippen LogP contribution >= 0.6 is 0 Å². The summed E-state index contributed by atoms with van der Waals surface area (Å²) in [6.45, 7) is 6.76. The summed E-state index contributed by atoms with van der Waals surface area (Å²) < 4.78 is 7.78. The number of hydrogen-bond donors (Lipinski definition) is 1. The third kappa shape index (κ3) is 4.60. The van der Waals surface area contributed by atoms with Gasteiger partial charge < -0.3 is 10.1 Å². The maximum Gasteiger partial charge on any atom is 0.130 e. The highest BCUT2D eigenvalue weighted by Crippen LogP contribution is 2.15. The highest BCUT2D eigenvalue weighted by molar-refractivity contribution is 5.28. The summed E-state index contributed by atoms with van der Waals surface area (Å²) >= 11 is 0. The molecule has 0 radical (unpaired) electrons. The van der Waals surface area contributed by atoms with E-state index in [0.29, 0.717) is 6.61 Å². The molecular formula is C17H25N3O. The van der Waals surface area contributed by atoms with E-state index in [2.05, 4.69) is 42.5 Å². The number of nitrogens with zero attached hydrogens (tertiary/aromatic N) is 2. The largest absolute Gasteiger partial charge is 0.487 e. The molecule has 0 aliphatic carbocycles. The Morgan fingerprint density at radius 2 is 2.10 bits per heavy atom. The fourth-order valence-corrected chi connectivity index (χ4v) is 2.19. The molecule has 1 aromatic heterocycles. The highest BCUT2D eigenvalue weighted by Gasteiger charge is 2.05. The van der Waals surface area contributed by atoms with Gasteiger partial charge in [0.1, 0.15) is 12.4 Å². The van der Waals surface area contributed by atoms with Crippen LogP contribution in [0.3, 0.4) is 0 Å². The van der Waals surface area contributed by atoms with Crippen LogP contribution in [0.15, 0.2) is 30.3 Å². The standard InChI is InChI=1S/C17H25N3O/c1-4-9-18-12-14-7-6-8-17(10-14)21-13-16-11-15(5-2)19-20(16)3/h6-8,10-11,18H,4-5,9,12-13H2,1-3H3. The molecule has 1 aromatic carbocycles. The lowest BCUT2D eigenvalue weighted by Crippen LogP contribution is -2.13. The van der Waals surface area contributed by atoms with Gasteiger partial charge in [-0.05, 0) is 43.1 Å². The summed E-state index contributed by atoms with van der Waals surface area (Å²) in [5.74, 6) is 0.907. The first kappa shape index (κ1) is 15.6. The molecule has 0 atom stereocenters. The third-order valence-corrected chi connectivity index (χ3v) is 3.43. The van der Waals surface area contributed by atoms with Gasteiger partial charge in [0.25, 0.3) is 0 Å². The third-order valence-electron chi connectivity index (χ3n) is 3.43. The number of aryl methyl sites for hydroxylation is 2. The Morgan fingerprint density at radius 1 is 1.24 bits per heavy atom. The maximum atomic E-state index is 5.89. The molecule has 1 N–H and O–H groups in total. The van der Waals surface area contributed by atoms with Crippen molar-refractivity contribution in [2.45, 2.75) is 39.8 Å². The number of hydrogen-bond acceptors (Lipinski definition) is 3. The molecule has 2 rings (SSSR count). The lowest BCUT2D eigenvalue weighted by Gasteiger charge is -2.09. The molecule has 0 amide bonds. The van der Waals surface area contributed by atoms with Gasteiger partial charge in [-0.25, -0.2) is 0 Å². The van der Waals surface area contributed by atoms with E-state index in [4.69, 9.17) is 4.74 Å². The van der Waals surface area contributed by atoms with Crippen molar-refractivity contribution in [3.05, 3.63) is 47.3 Å². The molecule has 0 fully saturated rings. The van der Waals surface area contributed by atoms with Gasteiger partial charge in [-0.2, -0.15) is 5.10 Å². The van der Waals surface area contributed by atoms with Gasteiger partial charge in [0.2, 0.25) is 0 Å². The maximum absolute atomic E-state index is 5.89. The molecule has 21 heavy (non-hydrogen) atoms. The summed E-state index contributed by atoms with van der Waals surface area (Å²) in [5.41, 5.74) is 3.45. The first-order valence-corrected chi connectivity index (χ1v) is 7.67. The van der Waals surface area contributed by atoms with Crippen LogP contribution in [0.25, 0.3) is 0 Å². The zero-order valence-corrected chi connectivity index (χ0v) is 13.2. The van der Waals surface area contributed by atoms with E-state index in [1.807, 2.05) is 23.9 Å². The van der Waals surface area contributed by atoms with E-state index in [9.17, 15) is 0 Å². The van der Waals surface area contributed by atoms with Gasteiger partial charge in [0.15, 0.2) is 0 Å². The molecule has 0 aliphatic heterocycles. The Hall–Kier alpha value is -1.81. The van der Waals surface area contributed by atoms with Crippen LogP contribution in [0.4, 0.5) is 0 Å². The van der Waals surface area contributed by atoms with E-state index in [0.717, 1.165) is 43.1 Å². The lowest BCUT2D eigenvalue weighted by atomic mass is 10.2. The van der Waals surface area contributed by atoms with Crippen LogP contribution in [-0.4, -0.2) is 16.3 Å². The number of aromatic nitrogens is 2. The second-order valence-electron chi connectivity index (χ2n) is 5.22. The van der Waals surface area contributed by atoms with Crippen molar-refractivity contribution in [2.75, 3.05) is 6.54 Å². The number of benzene rings is 1. The van der Waals surface area contributed by atoms with Crippen molar-refractivity contribution in [3.63, 3.8) is 0 Å². The predicted octanol–water partition coefficient (Wildman–Crippen LogP) is 3.06. The van der Waals surface area contributed by atoms with Crippen LogP contribution in [0.2, 0.25) is 0 Å². The molecule has 0 aliphatic rings. The SMILES string of the molecule is CCCNCc1cccc(OCc2cc(CC)nn2C)c1. The first-order chi connectivity index (χ1) is 10.2. The van der Waals surface area contributed by atoms with Crippen molar-refractivity contribution < 1.29 is 4.74 Å². The zero-order chi connectivity index (χ0) is 15.1. The molecule has 0 saturated heterocycles. The molecule has 0 bridgehead atoms. The Labute approximate surface area is 127 Å². The van der Waals surface area contributed by atoms with Gasteiger partial charge in [-0.3, -0.25) is 4.68 Å². The van der Waals surface area contributed by atoms with Gasteiger partial charge >= 0.3 is 0 Å². The minimum atomic E-state index is 0.551. The van der Waals surface area contributed by atoms with E-state index < -0.39 is 0 Å². The van der Waals surface area contributed by atoms with E-state index >= 15 is 0 Å². The molecule has 0 spiro atoms. The van der Waals surface area contributed by atoms with Crippen molar-refractivity contribution in [3.8, 4) is 5.75 Å². The van der Waals surface area contributed by atoms with Crippen molar-refractivity contribution in [2.24, 2.45) is 7.05 Å². The van der Waals surface area contributed by atoms with E-state index in [-0.39, 0.29) is 0 Å². The van der Waals surface area contributed by atoms with Crippen LogP contribution < -0.4 is 10.1 Å². The summed E-state index contributed by atoms with van der Waals surface area (Å²) in [5, 5.41) is 7.84. The fourth-order valence-electron chi connectivity index (χ4n) is 2.19. The lowest BCUT2D eigenvalue weighted by molar-refractivity contribution is 0.294. The van der Waals surface area contributed by atoms with E-state index in [1.54, 1.807) is 0 Å². The summed E-state index contributed by atoms with van der Waals surface area (Å²) in [6.07, 6.45) is 2.10. The Balaban J connectivity index is 1.93. The topological polar surface area (TPSA) is 39.1 Å². The summed E-state index contributed by atoms with van der Waals surface area (Å²) in [6, 6.07) is 10.4. The Bertz CT molecular complexity index is 563. The predicted molar refractivity (Wildman–Crippen MR) is 85.4 cm³/mol. The molecule has 4 nitrogen and oxygen atoms in total. The number of nitrogens with one attached hydrogen (secondary N) is 1. The van der Waals surface area contributed by atoms with Crippen LogP contribution in [0.1, 0.15) is 37.2 Å². The molecule has 0 saturated carbocycles. The number of rotatable bonds is 8. The second kappa shape index (κ2) is 7.84. The van der Waals surface area contributed by atoms with Gasteiger partial charge in [0.05, 0.1) is 11.4 Å².